The molecule has 0 N–H and O–H groups in total. The highest BCUT2D eigenvalue weighted by Crippen LogP contribution is 2.46. The Morgan fingerprint density at radius 1 is 0.886 bits per heavy atom. The Bertz CT molecular complexity index is 1210. The third kappa shape index (κ3) is 5.37. The molecule has 35 heavy (non-hydrogen) atoms. The van der Waals surface area contributed by atoms with Gasteiger partial charge in [-0.05, 0) is 78.7 Å². The van der Waals surface area contributed by atoms with Gasteiger partial charge in [-0.3, -0.25) is 4.79 Å². The van der Waals surface area contributed by atoms with E-state index in [1.54, 1.807) is 18.2 Å². The Morgan fingerprint density at radius 3 is 2.31 bits per heavy atom. The normalized spacial score (nSPS) is 20.7. The summed E-state index contributed by atoms with van der Waals surface area (Å²) in [5.41, 5.74) is 3.34. The van der Waals surface area contributed by atoms with Gasteiger partial charge in [-0.1, -0.05) is 80.9 Å². The molecule has 3 aromatic carbocycles. The maximum absolute atomic E-state index is 14.0. The maximum atomic E-state index is 14.0. The highest BCUT2D eigenvalue weighted by molar-refractivity contribution is 6.11. The Labute approximate surface area is 206 Å². The average Bonchev–Trinajstić information content (AvgIpc) is 2.83. The lowest BCUT2D eigenvalue weighted by molar-refractivity contribution is -0.137. The minimum atomic E-state index is -4.60. The molecule has 1 aliphatic carbocycles. The SMILES string of the molecule is Cc1cccc(C2CC(c3ccc(C(F)(F)F)c(C(=O)c4ccccc4C(C)C)c3)CCC2C)c1. The minimum Gasteiger partial charge on any atom is -0.289 e. The van der Waals surface area contributed by atoms with Crippen molar-refractivity contribution in [1.29, 1.82) is 0 Å². The first-order chi connectivity index (χ1) is 16.6. The standard InChI is InChI=1S/C31H33F3O/c1-19(2)25-10-5-6-11-26(25)30(35)28-18-23(14-15-29(28)31(32,33)34)22-13-12-21(4)27(17-22)24-9-7-8-20(3)16-24/h5-11,14-16,18-19,21-22,27H,12-13,17H2,1-4H3. The van der Waals surface area contributed by atoms with Gasteiger partial charge in [0.2, 0.25) is 0 Å². The van der Waals surface area contributed by atoms with Crippen LogP contribution in [-0.4, -0.2) is 5.78 Å². The van der Waals surface area contributed by atoms with E-state index in [1.807, 2.05) is 26.0 Å². The Balaban J connectivity index is 1.74. The number of carbonyl (C=O) groups excluding carboxylic acids is 1. The Kier molecular flexibility index (Phi) is 7.21. The third-order valence-corrected chi connectivity index (χ3v) is 7.56. The topological polar surface area (TPSA) is 17.1 Å². The van der Waals surface area contributed by atoms with Crippen LogP contribution in [0.1, 0.15) is 102 Å². The number of alkyl halides is 3. The van der Waals surface area contributed by atoms with Crippen LogP contribution in [0.2, 0.25) is 0 Å². The van der Waals surface area contributed by atoms with Gasteiger partial charge in [0.05, 0.1) is 5.56 Å². The summed E-state index contributed by atoms with van der Waals surface area (Å²) in [5.74, 6) is 0.439. The van der Waals surface area contributed by atoms with Crippen LogP contribution in [0, 0.1) is 12.8 Å². The van der Waals surface area contributed by atoms with E-state index in [0.717, 1.165) is 36.5 Å². The molecule has 0 heterocycles. The fourth-order valence-corrected chi connectivity index (χ4v) is 5.59. The second kappa shape index (κ2) is 10.0. The smallest absolute Gasteiger partial charge is 0.289 e. The summed E-state index contributed by atoms with van der Waals surface area (Å²) in [7, 11) is 0. The van der Waals surface area contributed by atoms with Crippen LogP contribution in [0.25, 0.3) is 0 Å². The van der Waals surface area contributed by atoms with Gasteiger partial charge in [0.1, 0.15) is 0 Å². The first kappa shape index (κ1) is 25.2. The van der Waals surface area contributed by atoms with Gasteiger partial charge in [-0.25, -0.2) is 0 Å². The molecule has 4 heteroatoms. The molecule has 0 saturated heterocycles. The van der Waals surface area contributed by atoms with Gasteiger partial charge in [-0.15, -0.1) is 0 Å². The molecule has 4 rings (SSSR count). The van der Waals surface area contributed by atoms with E-state index in [9.17, 15) is 18.0 Å². The second-order valence-electron chi connectivity index (χ2n) is 10.4. The number of aryl methyl sites for hydroxylation is 1. The molecule has 1 nitrogen and oxygen atoms in total. The third-order valence-electron chi connectivity index (χ3n) is 7.56. The molecule has 0 radical (unpaired) electrons. The monoisotopic (exact) mass is 478 g/mol. The molecule has 1 fully saturated rings. The zero-order chi connectivity index (χ0) is 25.3. The quantitative estimate of drug-likeness (QED) is 0.334. The average molecular weight is 479 g/mol. The number of halogens is 3. The summed E-state index contributed by atoms with van der Waals surface area (Å²) in [6.45, 7) is 8.23. The highest BCUT2D eigenvalue weighted by Gasteiger charge is 2.37. The van der Waals surface area contributed by atoms with Crippen LogP contribution in [-0.2, 0) is 6.18 Å². The van der Waals surface area contributed by atoms with E-state index in [-0.39, 0.29) is 17.4 Å². The molecule has 0 aromatic heterocycles. The first-order valence-corrected chi connectivity index (χ1v) is 12.5. The van der Waals surface area contributed by atoms with Crippen molar-refractivity contribution in [2.24, 2.45) is 5.92 Å². The number of hydrogen-bond acceptors (Lipinski definition) is 1. The molecule has 3 atom stereocenters. The summed E-state index contributed by atoms with van der Waals surface area (Å²) in [4.78, 5) is 13.5. The largest absolute Gasteiger partial charge is 0.417 e. The van der Waals surface area contributed by atoms with Crippen LogP contribution in [0.15, 0.2) is 66.7 Å². The lowest BCUT2D eigenvalue weighted by atomic mass is 9.69. The number of carbonyl (C=O) groups is 1. The molecule has 0 amide bonds. The van der Waals surface area contributed by atoms with Gasteiger partial charge in [0.15, 0.2) is 5.78 Å². The van der Waals surface area contributed by atoms with Crippen LogP contribution in [0.4, 0.5) is 13.2 Å². The van der Waals surface area contributed by atoms with Crippen molar-refractivity contribution in [3.05, 3.63) is 106 Å². The molecule has 3 aromatic rings. The van der Waals surface area contributed by atoms with Crippen molar-refractivity contribution >= 4 is 5.78 Å². The Morgan fingerprint density at radius 2 is 1.63 bits per heavy atom. The maximum Gasteiger partial charge on any atom is 0.417 e. The van der Waals surface area contributed by atoms with E-state index < -0.39 is 17.5 Å². The summed E-state index contributed by atoms with van der Waals surface area (Å²) in [5, 5.41) is 0. The van der Waals surface area contributed by atoms with Crippen molar-refractivity contribution < 1.29 is 18.0 Å². The van der Waals surface area contributed by atoms with Crippen LogP contribution in [0.3, 0.4) is 0 Å². The molecule has 1 aliphatic rings. The molecular weight excluding hydrogens is 445 g/mol. The fourth-order valence-electron chi connectivity index (χ4n) is 5.59. The van der Waals surface area contributed by atoms with Crippen molar-refractivity contribution in [3.8, 4) is 0 Å². The molecule has 1 saturated carbocycles. The van der Waals surface area contributed by atoms with Gasteiger partial charge in [0, 0.05) is 11.1 Å². The van der Waals surface area contributed by atoms with E-state index >= 15 is 0 Å². The van der Waals surface area contributed by atoms with E-state index in [4.69, 9.17) is 0 Å². The first-order valence-electron chi connectivity index (χ1n) is 12.5. The van der Waals surface area contributed by atoms with Gasteiger partial charge < -0.3 is 0 Å². The molecule has 184 valence electrons. The van der Waals surface area contributed by atoms with E-state index in [0.29, 0.717) is 17.4 Å². The fraction of sp³-hybridized carbons (Fsp3) is 0.387. The predicted molar refractivity (Wildman–Crippen MR) is 135 cm³/mol. The van der Waals surface area contributed by atoms with Crippen molar-refractivity contribution in [3.63, 3.8) is 0 Å². The van der Waals surface area contributed by atoms with Gasteiger partial charge in [-0.2, -0.15) is 13.2 Å². The van der Waals surface area contributed by atoms with Gasteiger partial charge >= 0.3 is 6.18 Å². The lowest BCUT2D eigenvalue weighted by Gasteiger charge is -2.35. The van der Waals surface area contributed by atoms with E-state index in [2.05, 4.69) is 38.1 Å². The molecule has 0 bridgehead atoms. The number of benzene rings is 3. The zero-order valence-electron chi connectivity index (χ0n) is 20.8. The lowest BCUT2D eigenvalue weighted by Crippen LogP contribution is -2.21. The molecule has 0 aliphatic heterocycles. The van der Waals surface area contributed by atoms with Crippen molar-refractivity contribution in [1.82, 2.24) is 0 Å². The van der Waals surface area contributed by atoms with E-state index in [1.165, 1.54) is 17.2 Å². The molecule has 3 unspecified atom stereocenters. The summed E-state index contributed by atoms with van der Waals surface area (Å²) >= 11 is 0. The van der Waals surface area contributed by atoms with Crippen molar-refractivity contribution in [2.75, 3.05) is 0 Å². The Hall–Kier alpha value is -2.88. The van der Waals surface area contributed by atoms with Crippen LogP contribution < -0.4 is 0 Å². The predicted octanol–water partition coefficient (Wildman–Crippen LogP) is 9.06. The number of hydrogen-bond donors (Lipinski definition) is 0. The molecule has 0 spiro atoms. The zero-order valence-corrected chi connectivity index (χ0v) is 20.8. The summed E-state index contributed by atoms with van der Waals surface area (Å²) < 4.78 is 41.9. The summed E-state index contributed by atoms with van der Waals surface area (Å²) in [6, 6.07) is 19.7. The highest BCUT2D eigenvalue weighted by atomic mass is 19.4. The number of rotatable bonds is 5. The minimum absolute atomic E-state index is 0.0302. The van der Waals surface area contributed by atoms with Crippen LogP contribution in [0.5, 0.6) is 0 Å². The number of ketones is 1. The second-order valence-corrected chi connectivity index (χ2v) is 10.4. The molecular formula is C31H33F3O. The van der Waals surface area contributed by atoms with Gasteiger partial charge in [0.25, 0.3) is 0 Å². The van der Waals surface area contributed by atoms with Crippen LogP contribution >= 0.6 is 0 Å². The summed E-state index contributed by atoms with van der Waals surface area (Å²) in [6.07, 6.45) is -1.82. The van der Waals surface area contributed by atoms with Crippen molar-refractivity contribution in [2.45, 2.75) is 70.9 Å².